The van der Waals surface area contributed by atoms with E-state index in [9.17, 15) is 4.39 Å². The van der Waals surface area contributed by atoms with E-state index in [0.29, 0.717) is 22.5 Å². The van der Waals surface area contributed by atoms with Crippen LogP contribution in [0.5, 0.6) is 0 Å². The number of hydrogen-bond acceptors (Lipinski definition) is 2. The van der Waals surface area contributed by atoms with E-state index in [1.54, 1.807) is 12.1 Å². The average molecular weight is 294 g/mol. The fourth-order valence-corrected chi connectivity index (χ4v) is 2.85. The first kappa shape index (κ1) is 15.4. The van der Waals surface area contributed by atoms with Crippen molar-refractivity contribution in [2.45, 2.75) is 39.7 Å². The van der Waals surface area contributed by atoms with Crippen LogP contribution in [0.1, 0.15) is 44.2 Å². The second-order valence-electron chi connectivity index (χ2n) is 6.46. The van der Waals surface area contributed by atoms with Gasteiger partial charge in [0.2, 0.25) is 0 Å². The van der Waals surface area contributed by atoms with Gasteiger partial charge in [0.25, 0.3) is 0 Å². The highest BCUT2D eigenvalue weighted by atomic mass is 32.1. The lowest BCUT2D eigenvalue weighted by molar-refractivity contribution is 0.253. The van der Waals surface area contributed by atoms with Crippen LogP contribution < -0.4 is 5.73 Å². The predicted molar refractivity (Wildman–Crippen MR) is 85.2 cm³/mol. The first-order valence-electron chi connectivity index (χ1n) is 7.18. The van der Waals surface area contributed by atoms with E-state index in [1.165, 1.54) is 18.9 Å². The molecular weight excluding hydrogens is 271 g/mol. The molecule has 0 bridgehead atoms. The first-order chi connectivity index (χ1) is 9.37. The zero-order valence-corrected chi connectivity index (χ0v) is 13.1. The van der Waals surface area contributed by atoms with Crippen molar-refractivity contribution in [1.82, 2.24) is 4.90 Å². The van der Waals surface area contributed by atoms with Crippen LogP contribution >= 0.6 is 12.2 Å². The SMILES string of the molecule is CC1(C)CCCN(Cc2cc(C(N)=S)ccc2F)CC1. The summed E-state index contributed by atoms with van der Waals surface area (Å²) < 4.78 is 13.9. The molecule has 0 amide bonds. The maximum Gasteiger partial charge on any atom is 0.127 e. The van der Waals surface area contributed by atoms with Gasteiger partial charge in [-0.05, 0) is 56.0 Å². The van der Waals surface area contributed by atoms with Gasteiger partial charge in [-0.15, -0.1) is 0 Å². The molecule has 2 N–H and O–H groups in total. The van der Waals surface area contributed by atoms with E-state index >= 15 is 0 Å². The summed E-state index contributed by atoms with van der Waals surface area (Å²) >= 11 is 4.96. The number of likely N-dealkylation sites (tertiary alicyclic amines) is 1. The summed E-state index contributed by atoms with van der Waals surface area (Å²) in [7, 11) is 0. The highest BCUT2D eigenvalue weighted by Crippen LogP contribution is 2.30. The van der Waals surface area contributed by atoms with Crippen LogP contribution in [0.25, 0.3) is 0 Å². The maximum absolute atomic E-state index is 13.9. The van der Waals surface area contributed by atoms with Crippen molar-refractivity contribution >= 4 is 17.2 Å². The van der Waals surface area contributed by atoms with E-state index in [1.807, 2.05) is 0 Å². The first-order valence-corrected chi connectivity index (χ1v) is 7.59. The van der Waals surface area contributed by atoms with Crippen LogP contribution in [0.3, 0.4) is 0 Å². The van der Waals surface area contributed by atoms with Gasteiger partial charge in [-0.3, -0.25) is 4.90 Å². The van der Waals surface area contributed by atoms with E-state index in [2.05, 4.69) is 18.7 Å². The monoisotopic (exact) mass is 294 g/mol. The van der Waals surface area contributed by atoms with Crippen LogP contribution in [0.2, 0.25) is 0 Å². The molecule has 1 aromatic rings. The minimum atomic E-state index is -0.173. The fraction of sp³-hybridized carbons (Fsp3) is 0.562. The quantitative estimate of drug-likeness (QED) is 0.866. The van der Waals surface area contributed by atoms with Crippen molar-refractivity contribution in [3.8, 4) is 0 Å². The fourth-order valence-electron chi connectivity index (χ4n) is 2.73. The summed E-state index contributed by atoms with van der Waals surface area (Å²) in [4.78, 5) is 2.65. The smallest absolute Gasteiger partial charge is 0.127 e. The summed E-state index contributed by atoms with van der Waals surface area (Å²) in [5, 5.41) is 0. The van der Waals surface area contributed by atoms with Crippen molar-refractivity contribution in [2.75, 3.05) is 13.1 Å². The van der Waals surface area contributed by atoms with Crippen molar-refractivity contribution in [3.63, 3.8) is 0 Å². The van der Waals surface area contributed by atoms with E-state index in [-0.39, 0.29) is 5.82 Å². The number of hydrogen-bond donors (Lipinski definition) is 1. The Morgan fingerprint density at radius 3 is 2.80 bits per heavy atom. The summed E-state index contributed by atoms with van der Waals surface area (Å²) in [6.07, 6.45) is 3.56. The molecule has 0 radical (unpaired) electrons. The summed E-state index contributed by atoms with van der Waals surface area (Å²) in [5.41, 5.74) is 7.45. The van der Waals surface area contributed by atoms with Crippen molar-refractivity contribution in [1.29, 1.82) is 0 Å². The lowest BCUT2D eigenvalue weighted by Crippen LogP contribution is -2.25. The molecule has 1 fully saturated rings. The van der Waals surface area contributed by atoms with Gasteiger partial charge in [0.1, 0.15) is 10.8 Å². The van der Waals surface area contributed by atoms with Gasteiger partial charge in [0.05, 0.1) is 0 Å². The number of halogens is 1. The van der Waals surface area contributed by atoms with Crippen LogP contribution in [-0.2, 0) is 6.54 Å². The highest BCUT2D eigenvalue weighted by Gasteiger charge is 2.23. The third-order valence-electron chi connectivity index (χ3n) is 4.16. The van der Waals surface area contributed by atoms with Crippen molar-refractivity contribution in [3.05, 3.63) is 35.1 Å². The molecule has 1 aromatic carbocycles. The zero-order chi connectivity index (χ0) is 14.8. The molecule has 1 aliphatic rings. The lowest BCUT2D eigenvalue weighted by atomic mass is 9.85. The average Bonchev–Trinajstić information content (AvgIpc) is 2.53. The number of rotatable bonds is 3. The van der Waals surface area contributed by atoms with Crippen LogP contribution in [0.4, 0.5) is 4.39 Å². The third kappa shape index (κ3) is 4.00. The number of nitrogens with two attached hydrogens (primary N) is 1. The molecule has 0 saturated carbocycles. The third-order valence-corrected chi connectivity index (χ3v) is 4.39. The topological polar surface area (TPSA) is 29.3 Å². The largest absolute Gasteiger partial charge is 0.389 e. The highest BCUT2D eigenvalue weighted by molar-refractivity contribution is 7.80. The Bertz CT molecular complexity index is 499. The van der Waals surface area contributed by atoms with Gasteiger partial charge in [-0.2, -0.15) is 0 Å². The molecule has 2 nitrogen and oxygen atoms in total. The van der Waals surface area contributed by atoms with Crippen molar-refractivity contribution < 1.29 is 4.39 Å². The molecule has 1 saturated heterocycles. The van der Waals surface area contributed by atoms with Gasteiger partial charge in [-0.1, -0.05) is 26.1 Å². The molecule has 0 unspecified atom stereocenters. The molecule has 0 aliphatic carbocycles. The van der Waals surface area contributed by atoms with Crippen molar-refractivity contribution in [2.24, 2.45) is 11.1 Å². The molecule has 110 valence electrons. The van der Waals surface area contributed by atoms with Crippen LogP contribution in [0.15, 0.2) is 18.2 Å². The second kappa shape index (κ2) is 6.19. The molecular formula is C16H23FN2S. The van der Waals surface area contributed by atoms with Gasteiger partial charge in [0.15, 0.2) is 0 Å². The molecule has 0 atom stereocenters. The number of nitrogens with zero attached hydrogens (tertiary/aromatic N) is 1. The normalized spacial score (nSPS) is 19.6. The Balaban J connectivity index is 2.09. The molecule has 20 heavy (non-hydrogen) atoms. The molecule has 1 aliphatic heterocycles. The summed E-state index contributed by atoms with van der Waals surface area (Å²) in [6.45, 7) is 7.30. The number of thiocarbonyl (C=S) groups is 1. The Morgan fingerprint density at radius 1 is 1.35 bits per heavy atom. The summed E-state index contributed by atoms with van der Waals surface area (Å²) in [6, 6.07) is 4.89. The van der Waals surface area contributed by atoms with Gasteiger partial charge < -0.3 is 5.73 Å². The summed E-state index contributed by atoms with van der Waals surface area (Å²) in [5.74, 6) is -0.173. The Hall–Kier alpha value is -1.00. The lowest BCUT2D eigenvalue weighted by Gasteiger charge is -2.23. The Labute approximate surface area is 126 Å². The van der Waals surface area contributed by atoms with Crippen LogP contribution in [-0.4, -0.2) is 23.0 Å². The van der Waals surface area contributed by atoms with E-state index in [0.717, 1.165) is 25.1 Å². The van der Waals surface area contributed by atoms with Gasteiger partial charge >= 0.3 is 0 Å². The maximum atomic E-state index is 13.9. The van der Waals surface area contributed by atoms with Gasteiger partial charge in [-0.25, -0.2) is 4.39 Å². The molecule has 0 spiro atoms. The molecule has 4 heteroatoms. The molecule has 0 aromatic heterocycles. The Kier molecular flexibility index (Phi) is 4.76. The Morgan fingerprint density at radius 2 is 2.10 bits per heavy atom. The van der Waals surface area contributed by atoms with E-state index < -0.39 is 0 Å². The van der Waals surface area contributed by atoms with Crippen LogP contribution in [0, 0.1) is 11.2 Å². The molecule has 1 heterocycles. The minimum absolute atomic E-state index is 0.173. The van der Waals surface area contributed by atoms with E-state index in [4.69, 9.17) is 18.0 Å². The second-order valence-corrected chi connectivity index (χ2v) is 6.90. The number of benzene rings is 1. The molecule has 2 rings (SSSR count). The van der Waals surface area contributed by atoms with Gasteiger partial charge in [0, 0.05) is 17.7 Å². The standard InChI is InChI=1S/C16H23FN2S/c1-16(2)6-3-8-19(9-7-16)11-13-10-12(15(18)20)4-5-14(13)17/h4-5,10H,3,6-9,11H2,1-2H3,(H2,18,20). The minimum Gasteiger partial charge on any atom is -0.389 e. The zero-order valence-electron chi connectivity index (χ0n) is 12.3. The predicted octanol–water partition coefficient (Wildman–Crippen LogP) is 3.47.